The number of aromatic carboxylic acids is 2. The van der Waals surface area contributed by atoms with Crippen molar-refractivity contribution in [2.45, 2.75) is 17.3 Å². The van der Waals surface area contributed by atoms with Gasteiger partial charge >= 0.3 is 18.0 Å². The average Bonchev–Trinajstić information content (AvgIpc) is 2.53. The van der Waals surface area contributed by atoms with Gasteiger partial charge in [0.15, 0.2) is 5.44 Å². The molecule has 25 heavy (non-hydrogen) atoms. The number of nitrogens with two attached hydrogens (primary N) is 1. The van der Waals surface area contributed by atoms with E-state index in [4.69, 9.17) is 15.6 Å². The lowest BCUT2D eigenvalue weighted by Crippen LogP contribution is -2.18. The van der Waals surface area contributed by atoms with Gasteiger partial charge in [0.1, 0.15) is 0 Å². The first-order valence-corrected chi connectivity index (χ1v) is 8.00. The van der Waals surface area contributed by atoms with E-state index in [9.17, 15) is 19.5 Å². The normalized spacial score (nSPS) is 11.6. The molecule has 0 radical (unpaired) electrons. The lowest BCUT2D eigenvalue weighted by Gasteiger charge is -2.15. The van der Waals surface area contributed by atoms with Crippen molar-refractivity contribution < 1.29 is 29.3 Å². The Morgan fingerprint density at radius 1 is 1.04 bits per heavy atom. The number of amides is 1. The summed E-state index contributed by atoms with van der Waals surface area (Å²) < 4.78 is 4.88. The standard InChI is InChI=1S/C17H15NO6S/c1-9(24-17(18)23)25-14-5-3-2-4-12(14)11-7-6-10(15(19)20)8-13(11)16(21)22/h2-9H,1H3,(H2,18,23)(H,19,20)(H,21,22). The second-order valence-electron chi connectivity index (χ2n) is 4.99. The molecule has 0 aliphatic rings. The first-order valence-electron chi connectivity index (χ1n) is 7.12. The topological polar surface area (TPSA) is 127 Å². The molecule has 0 aromatic heterocycles. The lowest BCUT2D eigenvalue weighted by molar-refractivity contribution is 0.0696. The van der Waals surface area contributed by atoms with Gasteiger partial charge in [-0.1, -0.05) is 36.0 Å². The quantitative estimate of drug-likeness (QED) is 0.532. The summed E-state index contributed by atoms with van der Waals surface area (Å²) in [6, 6.07) is 10.9. The molecule has 1 amide bonds. The van der Waals surface area contributed by atoms with E-state index in [0.717, 1.165) is 6.07 Å². The third-order valence-electron chi connectivity index (χ3n) is 3.25. The van der Waals surface area contributed by atoms with Crippen molar-refractivity contribution in [3.05, 3.63) is 53.6 Å². The Bertz CT molecular complexity index is 836. The number of primary amides is 1. The van der Waals surface area contributed by atoms with Gasteiger partial charge in [-0.2, -0.15) is 0 Å². The van der Waals surface area contributed by atoms with Gasteiger partial charge in [-0.25, -0.2) is 14.4 Å². The second kappa shape index (κ2) is 7.71. The highest BCUT2D eigenvalue weighted by Crippen LogP contribution is 2.36. The summed E-state index contributed by atoms with van der Waals surface area (Å²) in [5.74, 6) is -2.44. The molecule has 130 valence electrons. The molecule has 1 unspecified atom stereocenters. The molecule has 2 aromatic rings. The van der Waals surface area contributed by atoms with Crippen LogP contribution in [0.1, 0.15) is 27.6 Å². The van der Waals surface area contributed by atoms with Crippen LogP contribution in [-0.4, -0.2) is 33.7 Å². The maximum Gasteiger partial charge on any atom is 0.405 e. The minimum Gasteiger partial charge on any atom is -0.478 e. The van der Waals surface area contributed by atoms with Gasteiger partial charge in [-0.3, -0.25) is 0 Å². The van der Waals surface area contributed by atoms with Gasteiger partial charge in [-0.05, 0) is 36.2 Å². The Morgan fingerprint density at radius 2 is 1.72 bits per heavy atom. The molecular weight excluding hydrogens is 346 g/mol. The summed E-state index contributed by atoms with van der Waals surface area (Å²) in [5.41, 5.74) is 5.13. The van der Waals surface area contributed by atoms with Crippen LogP contribution in [0.15, 0.2) is 47.4 Å². The number of carboxylic acids is 2. The van der Waals surface area contributed by atoms with Gasteiger partial charge in [0, 0.05) is 4.90 Å². The highest BCUT2D eigenvalue weighted by Gasteiger charge is 2.19. The van der Waals surface area contributed by atoms with E-state index in [-0.39, 0.29) is 11.1 Å². The van der Waals surface area contributed by atoms with Crippen LogP contribution in [0.3, 0.4) is 0 Å². The number of carbonyl (C=O) groups excluding carboxylic acids is 1. The third kappa shape index (κ3) is 4.51. The van der Waals surface area contributed by atoms with Crippen molar-refractivity contribution in [3.8, 4) is 11.1 Å². The summed E-state index contributed by atoms with van der Waals surface area (Å²) in [5, 5.41) is 18.5. The number of hydrogen-bond donors (Lipinski definition) is 3. The molecule has 0 aliphatic heterocycles. The summed E-state index contributed by atoms with van der Waals surface area (Å²) in [6.07, 6.45) is -0.908. The Morgan fingerprint density at radius 3 is 2.32 bits per heavy atom. The van der Waals surface area contributed by atoms with Crippen LogP contribution >= 0.6 is 11.8 Å². The number of rotatable bonds is 6. The fraction of sp³-hybridized carbons (Fsp3) is 0.118. The molecule has 0 aliphatic carbocycles. The molecule has 0 bridgehead atoms. The minimum atomic E-state index is -1.24. The van der Waals surface area contributed by atoms with E-state index in [2.05, 4.69) is 0 Å². The van der Waals surface area contributed by atoms with Crippen molar-refractivity contribution in [2.24, 2.45) is 5.73 Å². The molecular formula is C17H15NO6S. The molecule has 2 aromatic carbocycles. The van der Waals surface area contributed by atoms with Crippen LogP contribution in [0.25, 0.3) is 11.1 Å². The van der Waals surface area contributed by atoms with Gasteiger partial charge in [0.2, 0.25) is 0 Å². The minimum absolute atomic E-state index is 0.114. The largest absolute Gasteiger partial charge is 0.478 e. The summed E-state index contributed by atoms with van der Waals surface area (Å²) in [6.45, 7) is 1.64. The van der Waals surface area contributed by atoms with Crippen molar-refractivity contribution in [2.75, 3.05) is 0 Å². The Hall–Kier alpha value is -3.00. The van der Waals surface area contributed by atoms with E-state index in [0.29, 0.717) is 16.0 Å². The van der Waals surface area contributed by atoms with Crippen LogP contribution in [0.2, 0.25) is 0 Å². The summed E-state index contributed by atoms with van der Waals surface area (Å²) >= 11 is 1.19. The average molecular weight is 361 g/mol. The maximum absolute atomic E-state index is 11.6. The lowest BCUT2D eigenvalue weighted by atomic mass is 9.97. The molecule has 2 rings (SSSR count). The molecule has 8 heteroatoms. The summed E-state index contributed by atoms with van der Waals surface area (Å²) in [4.78, 5) is 34.2. The van der Waals surface area contributed by atoms with E-state index < -0.39 is 23.5 Å². The predicted molar refractivity (Wildman–Crippen MR) is 91.8 cm³/mol. The van der Waals surface area contributed by atoms with Gasteiger partial charge in [0.25, 0.3) is 0 Å². The zero-order valence-electron chi connectivity index (χ0n) is 13.1. The van der Waals surface area contributed by atoms with E-state index in [1.54, 1.807) is 31.2 Å². The van der Waals surface area contributed by atoms with E-state index >= 15 is 0 Å². The molecule has 0 fully saturated rings. The number of carbonyl (C=O) groups is 3. The maximum atomic E-state index is 11.6. The second-order valence-corrected chi connectivity index (χ2v) is 6.33. The van der Waals surface area contributed by atoms with Gasteiger partial charge in [-0.15, -0.1) is 0 Å². The Kier molecular flexibility index (Phi) is 5.66. The van der Waals surface area contributed by atoms with Crippen molar-refractivity contribution >= 4 is 29.8 Å². The van der Waals surface area contributed by atoms with Gasteiger partial charge < -0.3 is 20.7 Å². The van der Waals surface area contributed by atoms with Gasteiger partial charge in [0.05, 0.1) is 11.1 Å². The number of benzene rings is 2. The molecule has 1 atom stereocenters. The van der Waals surface area contributed by atoms with Crippen molar-refractivity contribution in [1.29, 1.82) is 0 Å². The summed E-state index contributed by atoms with van der Waals surface area (Å²) in [7, 11) is 0. The zero-order chi connectivity index (χ0) is 18.6. The first-order chi connectivity index (χ1) is 11.8. The number of carboxylic acid groups (broad SMARTS) is 2. The first kappa shape index (κ1) is 18.3. The Balaban J connectivity index is 2.50. The highest BCUT2D eigenvalue weighted by atomic mass is 32.2. The van der Waals surface area contributed by atoms with E-state index in [1.807, 2.05) is 0 Å². The SMILES string of the molecule is CC(OC(N)=O)Sc1ccccc1-c1ccc(C(=O)O)cc1C(=O)O. The van der Waals surface area contributed by atoms with Crippen LogP contribution in [0.4, 0.5) is 4.79 Å². The molecule has 4 N–H and O–H groups in total. The Labute approximate surface area is 147 Å². The smallest absolute Gasteiger partial charge is 0.405 e. The van der Waals surface area contributed by atoms with Crippen LogP contribution in [0, 0.1) is 0 Å². The number of hydrogen-bond acceptors (Lipinski definition) is 5. The fourth-order valence-corrected chi connectivity index (χ4v) is 3.21. The molecule has 0 spiro atoms. The van der Waals surface area contributed by atoms with Crippen molar-refractivity contribution in [3.63, 3.8) is 0 Å². The third-order valence-corrected chi connectivity index (χ3v) is 4.29. The molecule has 0 saturated carbocycles. The predicted octanol–water partition coefficient (Wildman–Crippen LogP) is 3.28. The zero-order valence-corrected chi connectivity index (χ0v) is 13.9. The molecule has 0 heterocycles. The van der Waals surface area contributed by atoms with Crippen molar-refractivity contribution in [1.82, 2.24) is 0 Å². The molecule has 7 nitrogen and oxygen atoms in total. The fourth-order valence-electron chi connectivity index (χ4n) is 2.25. The van der Waals surface area contributed by atoms with Crippen LogP contribution < -0.4 is 5.73 Å². The number of thioether (sulfide) groups is 1. The van der Waals surface area contributed by atoms with E-state index in [1.165, 1.54) is 23.9 Å². The molecule has 0 saturated heterocycles. The highest BCUT2D eigenvalue weighted by molar-refractivity contribution is 7.99. The number of ether oxygens (including phenoxy) is 1. The van der Waals surface area contributed by atoms with Crippen LogP contribution in [-0.2, 0) is 4.74 Å². The monoisotopic (exact) mass is 361 g/mol. The van der Waals surface area contributed by atoms with Crippen LogP contribution in [0.5, 0.6) is 0 Å².